The number of anilines is 2. The van der Waals surface area contributed by atoms with Gasteiger partial charge in [0.1, 0.15) is 0 Å². The zero-order chi connectivity index (χ0) is 23.0. The van der Waals surface area contributed by atoms with Gasteiger partial charge >= 0.3 is 0 Å². The molecular weight excluding hydrogens is 435 g/mol. The Labute approximate surface area is 190 Å². The van der Waals surface area contributed by atoms with E-state index >= 15 is 0 Å². The van der Waals surface area contributed by atoms with E-state index in [0.717, 1.165) is 6.20 Å². The van der Waals surface area contributed by atoms with E-state index in [0.29, 0.717) is 52.1 Å². The SMILES string of the molecule is COc1c(Cl)cccc1Nc1c(-c2ccncc2F)[nH]c2c1C(=O)NC[C@@H]2CC(C)(C)O. The first-order chi connectivity index (χ1) is 15.2. The Morgan fingerprint density at radius 3 is 2.84 bits per heavy atom. The van der Waals surface area contributed by atoms with Crippen LogP contribution in [0, 0.1) is 5.82 Å². The van der Waals surface area contributed by atoms with Gasteiger partial charge < -0.3 is 25.5 Å². The molecule has 0 spiro atoms. The van der Waals surface area contributed by atoms with Crippen LogP contribution in [0.15, 0.2) is 36.7 Å². The molecule has 168 valence electrons. The number of nitrogens with zero attached hydrogens (tertiary/aromatic N) is 1. The van der Waals surface area contributed by atoms with Crippen LogP contribution in [0.5, 0.6) is 5.75 Å². The molecule has 0 fully saturated rings. The lowest BCUT2D eigenvalue weighted by Crippen LogP contribution is -2.38. The molecule has 0 unspecified atom stereocenters. The van der Waals surface area contributed by atoms with Crippen LogP contribution in [0.4, 0.5) is 15.8 Å². The molecule has 1 atom stereocenters. The van der Waals surface area contributed by atoms with E-state index in [-0.39, 0.29) is 17.4 Å². The third-order valence-electron chi connectivity index (χ3n) is 5.39. The molecule has 1 aliphatic heterocycles. The molecule has 9 heteroatoms. The highest BCUT2D eigenvalue weighted by Crippen LogP contribution is 2.44. The van der Waals surface area contributed by atoms with Crippen LogP contribution in [-0.4, -0.2) is 40.2 Å². The highest BCUT2D eigenvalue weighted by Gasteiger charge is 2.35. The highest BCUT2D eigenvalue weighted by atomic mass is 35.5. The van der Waals surface area contributed by atoms with E-state index in [2.05, 4.69) is 20.6 Å². The summed E-state index contributed by atoms with van der Waals surface area (Å²) in [6.45, 7) is 3.78. The minimum atomic E-state index is -0.957. The van der Waals surface area contributed by atoms with E-state index < -0.39 is 11.4 Å². The average molecular weight is 459 g/mol. The summed E-state index contributed by atoms with van der Waals surface area (Å²) >= 11 is 6.27. The number of amides is 1. The Kier molecular flexibility index (Phi) is 5.83. The fourth-order valence-electron chi connectivity index (χ4n) is 4.10. The number of aromatic amines is 1. The van der Waals surface area contributed by atoms with Crippen molar-refractivity contribution < 1.29 is 19.0 Å². The molecule has 7 nitrogen and oxygen atoms in total. The number of H-pyrrole nitrogens is 1. The van der Waals surface area contributed by atoms with Crippen molar-refractivity contribution >= 4 is 28.9 Å². The number of methoxy groups -OCH3 is 1. The Bertz CT molecular complexity index is 1170. The summed E-state index contributed by atoms with van der Waals surface area (Å²) in [4.78, 5) is 20.0. The van der Waals surface area contributed by atoms with Crippen molar-refractivity contribution in [3.63, 3.8) is 0 Å². The van der Waals surface area contributed by atoms with Crippen LogP contribution in [-0.2, 0) is 0 Å². The summed E-state index contributed by atoms with van der Waals surface area (Å²) in [7, 11) is 1.49. The molecule has 0 bridgehead atoms. The van der Waals surface area contributed by atoms with Gasteiger partial charge in [-0.3, -0.25) is 9.78 Å². The lowest BCUT2D eigenvalue weighted by atomic mass is 9.87. The molecule has 1 amide bonds. The summed E-state index contributed by atoms with van der Waals surface area (Å²) in [5.74, 6) is -0.628. The Morgan fingerprint density at radius 2 is 2.16 bits per heavy atom. The van der Waals surface area contributed by atoms with Gasteiger partial charge in [0.25, 0.3) is 5.91 Å². The summed E-state index contributed by atoms with van der Waals surface area (Å²) in [5.41, 5.74) is 1.60. The summed E-state index contributed by atoms with van der Waals surface area (Å²) in [5, 5.41) is 16.9. The van der Waals surface area contributed by atoms with E-state index in [9.17, 15) is 14.3 Å². The van der Waals surface area contributed by atoms with Gasteiger partial charge in [0.15, 0.2) is 11.6 Å². The monoisotopic (exact) mass is 458 g/mol. The fourth-order valence-corrected chi connectivity index (χ4v) is 4.35. The van der Waals surface area contributed by atoms with Gasteiger partial charge in [-0.15, -0.1) is 0 Å². The number of carbonyl (C=O) groups excluding carboxylic acids is 1. The van der Waals surface area contributed by atoms with Crippen LogP contribution in [0.2, 0.25) is 5.02 Å². The first-order valence-electron chi connectivity index (χ1n) is 10.2. The number of hydrogen-bond acceptors (Lipinski definition) is 5. The molecule has 0 radical (unpaired) electrons. The molecule has 0 saturated heterocycles. The number of hydrogen-bond donors (Lipinski definition) is 4. The molecule has 2 aromatic heterocycles. The van der Waals surface area contributed by atoms with Crippen molar-refractivity contribution in [1.29, 1.82) is 0 Å². The van der Waals surface area contributed by atoms with Gasteiger partial charge in [0, 0.05) is 29.9 Å². The third-order valence-corrected chi connectivity index (χ3v) is 5.69. The van der Waals surface area contributed by atoms with Gasteiger partial charge in [-0.1, -0.05) is 17.7 Å². The summed E-state index contributed by atoms with van der Waals surface area (Å²) in [6.07, 6.45) is 3.00. The van der Waals surface area contributed by atoms with E-state index in [1.165, 1.54) is 19.4 Å². The number of nitrogens with one attached hydrogen (secondary N) is 3. The zero-order valence-electron chi connectivity index (χ0n) is 17.9. The van der Waals surface area contributed by atoms with Gasteiger partial charge in [0.2, 0.25) is 0 Å². The quantitative estimate of drug-likeness (QED) is 0.432. The fraction of sp³-hybridized carbons (Fsp3) is 0.304. The molecule has 4 N–H and O–H groups in total. The normalized spacial score (nSPS) is 15.8. The number of benzene rings is 1. The van der Waals surface area contributed by atoms with Crippen LogP contribution < -0.4 is 15.4 Å². The van der Waals surface area contributed by atoms with Gasteiger partial charge in [-0.05, 0) is 38.5 Å². The van der Waals surface area contributed by atoms with E-state index in [1.54, 1.807) is 32.0 Å². The smallest absolute Gasteiger partial charge is 0.255 e. The maximum atomic E-state index is 14.7. The second-order valence-corrected chi connectivity index (χ2v) is 8.80. The number of fused-ring (bicyclic) bond motifs is 1. The maximum absolute atomic E-state index is 14.7. The molecule has 0 saturated carbocycles. The molecular formula is C23H24ClFN4O3. The van der Waals surface area contributed by atoms with Crippen LogP contribution in [0.3, 0.4) is 0 Å². The van der Waals surface area contributed by atoms with Gasteiger partial charge in [-0.2, -0.15) is 0 Å². The minimum absolute atomic E-state index is 0.192. The van der Waals surface area contributed by atoms with Crippen LogP contribution >= 0.6 is 11.6 Å². The molecule has 0 aliphatic carbocycles. The number of para-hydroxylation sites is 1. The predicted molar refractivity (Wildman–Crippen MR) is 121 cm³/mol. The number of carbonyl (C=O) groups is 1. The molecule has 3 heterocycles. The minimum Gasteiger partial charge on any atom is -0.493 e. The lowest BCUT2D eigenvalue weighted by Gasteiger charge is -2.28. The second-order valence-electron chi connectivity index (χ2n) is 8.39. The first-order valence-corrected chi connectivity index (χ1v) is 10.5. The summed E-state index contributed by atoms with van der Waals surface area (Å²) in [6, 6.07) is 6.73. The second kappa shape index (κ2) is 8.44. The van der Waals surface area contributed by atoms with Crippen molar-refractivity contribution in [3.05, 3.63) is 58.8 Å². The Morgan fingerprint density at radius 1 is 1.38 bits per heavy atom. The van der Waals surface area contributed by atoms with Gasteiger partial charge in [-0.25, -0.2) is 4.39 Å². The Hall–Kier alpha value is -3.10. The molecule has 4 rings (SSSR count). The predicted octanol–water partition coefficient (Wildman–Crippen LogP) is 4.61. The number of rotatable bonds is 6. The van der Waals surface area contributed by atoms with E-state index in [1.807, 2.05) is 0 Å². The third kappa shape index (κ3) is 4.16. The van der Waals surface area contributed by atoms with Gasteiger partial charge in [0.05, 0.1) is 46.6 Å². The molecule has 3 aromatic rings. The number of ether oxygens (including phenoxy) is 1. The number of pyridine rings is 1. The first kappa shape index (κ1) is 22.1. The van der Waals surface area contributed by atoms with Crippen molar-refractivity contribution in [1.82, 2.24) is 15.3 Å². The Balaban J connectivity index is 1.93. The maximum Gasteiger partial charge on any atom is 0.255 e. The average Bonchev–Trinajstić information content (AvgIpc) is 3.10. The van der Waals surface area contributed by atoms with Crippen molar-refractivity contribution in [3.8, 4) is 17.0 Å². The number of aliphatic hydroxyl groups is 1. The zero-order valence-corrected chi connectivity index (χ0v) is 18.7. The molecule has 32 heavy (non-hydrogen) atoms. The highest BCUT2D eigenvalue weighted by molar-refractivity contribution is 6.32. The lowest BCUT2D eigenvalue weighted by molar-refractivity contribution is 0.0601. The number of aromatic nitrogens is 2. The molecule has 1 aliphatic rings. The largest absolute Gasteiger partial charge is 0.493 e. The number of halogens is 2. The van der Waals surface area contributed by atoms with E-state index in [4.69, 9.17) is 16.3 Å². The van der Waals surface area contributed by atoms with Crippen molar-refractivity contribution in [2.75, 3.05) is 19.0 Å². The van der Waals surface area contributed by atoms with Crippen LogP contribution in [0.25, 0.3) is 11.3 Å². The summed E-state index contributed by atoms with van der Waals surface area (Å²) < 4.78 is 20.2. The van der Waals surface area contributed by atoms with Crippen molar-refractivity contribution in [2.45, 2.75) is 31.8 Å². The van der Waals surface area contributed by atoms with Crippen molar-refractivity contribution in [2.24, 2.45) is 0 Å². The topological polar surface area (TPSA) is 99.3 Å². The van der Waals surface area contributed by atoms with Crippen LogP contribution in [0.1, 0.15) is 42.2 Å². The standard InChI is InChI=1S/C23H24ClFN4O3/c1-23(2,31)9-12-10-27-22(30)17-18(12)29-19(13-7-8-26-11-15(13)25)20(17)28-16-6-4-5-14(24)21(16)32-3/h4-8,11-12,28-29,31H,9-10H2,1-3H3,(H,27,30)/t12-/m0/s1. The molecule has 1 aromatic carbocycles.